The van der Waals surface area contributed by atoms with E-state index in [1.807, 2.05) is 19.1 Å². The Labute approximate surface area is 33.6 Å². The molecule has 1 N–H and O–H groups in total. The molecule has 0 aromatic rings. The van der Waals surface area contributed by atoms with E-state index in [1.54, 1.807) is 0 Å². The van der Waals surface area contributed by atoms with Gasteiger partial charge in [0.15, 0.2) is 0 Å². The van der Waals surface area contributed by atoms with Crippen LogP contribution in [0.1, 0.15) is 6.92 Å². The van der Waals surface area contributed by atoms with Gasteiger partial charge in [0, 0.05) is 0 Å². The fourth-order valence-electron chi connectivity index (χ4n) is 0. The van der Waals surface area contributed by atoms with Crippen LogP contribution in [0.4, 0.5) is 0 Å². The molecule has 0 atom stereocenters. The van der Waals surface area contributed by atoms with Crippen LogP contribution in [0.15, 0.2) is 0 Å². The van der Waals surface area contributed by atoms with Gasteiger partial charge in [0.2, 0.25) is 8.65 Å². The van der Waals surface area contributed by atoms with Gasteiger partial charge in [-0.15, -0.1) is 0 Å². The molecule has 0 spiro atoms. The van der Waals surface area contributed by atoms with Gasteiger partial charge in [-0.1, -0.05) is 5.67 Å². The summed E-state index contributed by atoms with van der Waals surface area (Å²) in [7, 11) is -0.999. The molecule has 5 heavy (non-hydrogen) atoms. The number of hydrogen-bond donors (Lipinski definition) is 1. The van der Waals surface area contributed by atoms with Crippen molar-refractivity contribution < 1.29 is 4.80 Å². The molecule has 0 aromatic heterocycles. The smallest absolute Gasteiger partial charge is 0.220 e. The summed E-state index contributed by atoms with van der Waals surface area (Å²) in [6.45, 7) is 3.69. The fourth-order valence-corrected chi connectivity index (χ4v) is 0. The Bertz CT molecular complexity index is 44.9. The first kappa shape index (κ1) is 4.89. The second kappa shape index (κ2) is 2.14. The van der Waals surface area contributed by atoms with Crippen LogP contribution in [0.3, 0.4) is 0 Å². The zero-order valence-electron chi connectivity index (χ0n) is 3.52. The van der Waals surface area contributed by atoms with Gasteiger partial charge < -0.3 is 4.80 Å². The Balaban J connectivity index is 3.14. The molecule has 0 radical (unpaired) electrons. The average Bonchev–Trinajstić information content (AvgIpc) is 1.38. The molecule has 0 rings (SSSR count). The van der Waals surface area contributed by atoms with Gasteiger partial charge >= 0.3 is 0 Å². The predicted molar refractivity (Wildman–Crippen MR) is 25.6 cm³/mol. The van der Waals surface area contributed by atoms with Crippen molar-refractivity contribution in [3.8, 4) is 0 Å². The Kier molecular flexibility index (Phi) is 2.10. The lowest BCUT2D eigenvalue weighted by molar-refractivity contribution is 0.604. The van der Waals surface area contributed by atoms with E-state index < -0.39 is 8.65 Å². The third-order valence-electron chi connectivity index (χ3n) is 0.418. The lowest BCUT2D eigenvalue weighted by Crippen LogP contribution is -1.91. The summed E-state index contributed by atoms with van der Waals surface area (Å²) in [5.41, 5.74) is 1.82. The van der Waals surface area contributed by atoms with E-state index in [0.717, 1.165) is 0 Å². The molecule has 0 saturated carbocycles. The third-order valence-corrected chi connectivity index (χ3v) is 1.25. The van der Waals surface area contributed by atoms with Gasteiger partial charge in [-0.25, -0.2) is 0 Å². The van der Waals surface area contributed by atoms with Crippen molar-refractivity contribution in [2.75, 3.05) is 0 Å². The van der Waals surface area contributed by atoms with Crippen LogP contribution in [0.25, 0.3) is 0 Å². The number of rotatable bonds is 0. The summed E-state index contributed by atoms with van der Waals surface area (Å²) >= 11 is 0. The van der Waals surface area contributed by atoms with Crippen molar-refractivity contribution in [3.05, 3.63) is 0 Å². The van der Waals surface area contributed by atoms with E-state index >= 15 is 0 Å². The molecule has 0 amide bonds. The van der Waals surface area contributed by atoms with E-state index in [4.69, 9.17) is 4.80 Å². The minimum atomic E-state index is -0.999. The quantitative estimate of drug-likeness (QED) is 0.413. The van der Waals surface area contributed by atoms with Crippen molar-refractivity contribution >= 4 is 14.3 Å². The van der Waals surface area contributed by atoms with Crippen LogP contribution in [0.2, 0.25) is 6.55 Å². The molecular weight excluding hydrogens is 80.1 g/mol. The maximum absolute atomic E-state index is 8.41. The molecule has 0 aliphatic rings. The highest BCUT2D eigenvalue weighted by atomic mass is 28.3. The highest BCUT2D eigenvalue weighted by Gasteiger charge is 1.68. The van der Waals surface area contributed by atoms with E-state index in [2.05, 4.69) is 0 Å². The maximum Gasteiger partial charge on any atom is 0.220 e. The standard InChI is InChI=1S/C3H8OSi/c1-3-5(2)4/h3-4H,1-2H3. The minimum Gasteiger partial charge on any atom is -0.566 e. The van der Waals surface area contributed by atoms with Gasteiger partial charge in [-0.2, -0.15) is 0 Å². The normalized spacial score (nSPS) is 12.0. The summed E-state index contributed by atoms with van der Waals surface area (Å²) in [4.78, 5) is 8.41. The van der Waals surface area contributed by atoms with Crippen LogP contribution in [0, 0.1) is 0 Å². The first-order valence-corrected chi connectivity index (χ1v) is 3.61. The minimum absolute atomic E-state index is 0.999. The zero-order valence-corrected chi connectivity index (χ0v) is 4.52. The van der Waals surface area contributed by atoms with Crippen LogP contribution >= 0.6 is 0 Å². The second-order valence-corrected chi connectivity index (χ2v) is 2.79. The summed E-state index contributed by atoms with van der Waals surface area (Å²) in [6, 6.07) is 0. The molecule has 0 aliphatic carbocycles. The molecule has 0 saturated heterocycles. The molecule has 0 bridgehead atoms. The Morgan fingerprint density at radius 3 is 2.00 bits per heavy atom. The van der Waals surface area contributed by atoms with Gasteiger partial charge in [0.05, 0.1) is 0 Å². The lowest BCUT2D eigenvalue weighted by Gasteiger charge is -1.72. The summed E-state index contributed by atoms with van der Waals surface area (Å²) < 4.78 is 0. The maximum atomic E-state index is 8.41. The van der Waals surface area contributed by atoms with E-state index in [1.165, 1.54) is 0 Å². The highest BCUT2D eigenvalue weighted by Crippen LogP contribution is 1.48. The topological polar surface area (TPSA) is 20.2 Å². The van der Waals surface area contributed by atoms with E-state index in [9.17, 15) is 0 Å². The first-order valence-electron chi connectivity index (χ1n) is 1.59. The highest BCUT2D eigenvalue weighted by molar-refractivity contribution is 6.57. The molecule has 2 heteroatoms. The predicted octanol–water partition coefficient (Wildman–Crippen LogP) is 0.00380. The van der Waals surface area contributed by atoms with E-state index in [-0.39, 0.29) is 0 Å². The summed E-state index contributed by atoms with van der Waals surface area (Å²) in [5, 5.41) is 0. The molecule has 1 nitrogen and oxygen atoms in total. The molecule has 0 unspecified atom stereocenters. The second-order valence-electron chi connectivity index (χ2n) is 0.930. The molecule has 0 aromatic carbocycles. The van der Waals surface area contributed by atoms with E-state index in [0.29, 0.717) is 0 Å². The lowest BCUT2D eigenvalue weighted by atomic mass is 11.0. The van der Waals surface area contributed by atoms with Crippen molar-refractivity contribution in [1.29, 1.82) is 0 Å². The Hall–Kier alpha value is -0.113. The Morgan fingerprint density at radius 2 is 2.00 bits per heavy atom. The zero-order chi connectivity index (χ0) is 4.28. The Morgan fingerprint density at radius 1 is 1.80 bits per heavy atom. The molecule has 0 aliphatic heterocycles. The average molecular weight is 88.2 g/mol. The molecule has 0 fully saturated rings. The van der Waals surface area contributed by atoms with Crippen LogP contribution in [0.5, 0.6) is 0 Å². The first-order chi connectivity index (χ1) is 2.27. The summed E-state index contributed by atoms with van der Waals surface area (Å²) in [6.07, 6.45) is 0. The van der Waals surface area contributed by atoms with Crippen LogP contribution < -0.4 is 0 Å². The van der Waals surface area contributed by atoms with Crippen molar-refractivity contribution in [2.24, 2.45) is 0 Å². The molecule has 30 valence electrons. The fraction of sp³-hybridized carbons (Fsp3) is 0.667. The molecule has 0 heterocycles. The van der Waals surface area contributed by atoms with Crippen LogP contribution in [-0.2, 0) is 0 Å². The van der Waals surface area contributed by atoms with Gasteiger partial charge in [-0.3, -0.25) is 0 Å². The number of hydrogen-bond acceptors (Lipinski definition) is 1. The largest absolute Gasteiger partial charge is 0.566 e. The SMILES string of the molecule is CC=[Si](C)O. The van der Waals surface area contributed by atoms with Crippen molar-refractivity contribution in [3.63, 3.8) is 0 Å². The molecular formula is C3H8OSi. The van der Waals surface area contributed by atoms with Crippen molar-refractivity contribution in [1.82, 2.24) is 0 Å². The third kappa shape index (κ3) is 3.89. The van der Waals surface area contributed by atoms with Crippen molar-refractivity contribution in [2.45, 2.75) is 13.5 Å². The van der Waals surface area contributed by atoms with Gasteiger partial charge in [0.25, 0.3) is 0 Å². The van der Waals surface area contributed by atoms with Crippen LogP contribution in [-0.4, -0.2) is 19.1 Å². The van der Waals surface area contributed by atoms with Gasteiger partial charge in [0.1, 0.15) is 0 Å². The summed E-state index contributed by atoms with van der Waals surface area (Å²) in [5.74, 6) is 0. The van der Waals surface area contributed by atoms with Gasteiger partial charge in [-0.05, 0) is 13.5 Å². The monoisotopic (exact) mass is 88.0 g/mol.